The maximum absolute atomic E-state index is 11.9. The molecule has 1 heterocycles. The Kier molecular flexibility index (Phi) is 6.87. The Bertz CT molecular complexity index is 499. The van der Waals surface area contributed by atoms with Gasteiger partial charge in [-0.3, -0.25) is 14.5 Å². The van der Waals surface area contributed by atoms with Gasteiger partial charge >= 0.3 is 0 Å². The number of carbonyl (C=O) groups excluding carboxylic acids is 2. The third kappa shape index (κ3) is 6.69. The van der Waals surface area contributed by atoms with Gasteiger partial charge < -0.3 is 15.8 Å². The molecular formula is C17H25N3O3. The monoisotopic (exact) mass is 319 g/mol. The molecule has 1 aromatic rings. The van der Waals surface area contributed by atoms with Crippen LogP contribution in [-0.4, -0.2) is 49.0 Å². The molecular weight excluding hydrogens is 294 g/mol. The number of para-hydroxylation sites is 1. The number of rotatable bonds is 8. The van der Waals surface area contributed by atoms with Gasteiger partial charge in [-0.2, -0.15) is 0 Å². The number of benzene rings is 1. The molecule has 1 aromatic carbocycles. The molecule has 0 saturated carbocycles. The lowest BCUT2D eigenvalue weighted by Gasteiger charge is -2.31. The van der Waals surface area contributed by atoms with Gasteiger partial charge in [0, 0.05) is 25.6 Å². The van der Waals surface area contributed by atoms with Crippen LogP contribution in [0.25, 0.3) is 0 Å². The van der Waals surface area contributed by atoms with Crippen molar-refractivity contribution < 1.29 is 14.3 Å². The predicted molar refractivity (Wildman–Crippen MR) is 88.0 cm³/mol. The summed E-state index contributed by atoms with van der Waals surface area (Å²) < 4.78 is 5.57. The van der Waals surface area contributed by atoms with E-state index < -0.39 is 0 Å². The molecule has 0 spiro atoms. The van der Waals surface area contributed by atoms with Crippen LogP contribution in [0.1, 0.15) is 25.7 Å². The van der Waals surface area contributed by atoms with Crippen LogP contribution >= 0.6 is 0 Å². The van der Waals surface area contributed by atoms with Crippen LogP contribution in [0.2, 0.25) is 0 Å². The Morgan fingerprint density at radius 2 is 1.91 bits per heavy atom. The van der Waals surface area contributed by atoms with Crippen LogP contribution in [0.3, 0.4) is 0 Å². The summed E-state index contributed by atoms with van der Waals surface area (Å²) in [6.07, 6.45) is 2.88. The largest absolute Gasteiger partial charge is 0.494 e. The van der Waals surface area contributed by atoms with E-state index in [0.717, 1.165) is 31.7 Å². The van der Waals surface area contributed by atoms with E-state index >= 15 is 0 Å². The number of primary amides is 1. The second-order valence-electron chi connectivity index (χ2n) is 5.85. The van der Waals surface area contributed by atoms with E-state index in [9.17, 15) is 9.59 Å². The number of nitrogens with two attached hydrogens (primary N) is 1. The summed E-state index contributed by atoms with van der Waals surface area (Å²) in [5.41, 5.74) is 5.19. The van der Waals surface area contributed by atoms with E-state index in [-0.39, 0.29) is 17.9 Å². The van der Waals surface area contributed by atoms with Crippen molar-refractivity contribution in [3.05, 3.63) is 30.3 Å². The highest BCUT2D eigenvalue weighted by Gasteiger charge is 2.21. The summed E-state index contributed by atoms with van der Waals surface area (Å²) in [7, 11) is 0. The third-order valence-electron chi connectivity index (χ3n) is 3.89. The van der Waals surface area contributed by atoms with Crippen LogP contribution in [0.4, 0.5) is 0 Å². The van der Waals surface area contributed by atoms with Gasteiger partial charge in [-0.05, 0) is 31.4 Å². The fraction of sp³-hybridized carbons (Fsp3) is 0.529. The number of amides is 2. The normalized spacial score (nSPS) is 16.0. The quantitative estimate of drug-likeness (QED) is 0.698. The minimum atomic E-state index is -0.300. The van der Waals surface area contributed by atoms with Crippen molar-refractivity contribution in [1.29, 1.82) is 0 Å². The molecule has 0 atom stereocenters. The van der Waals surface area contributed by atoms with E-state index in [1.165, 1.54) is 0 Å². The number of likely N-dealkylation sites (tertiary alicyclic amines) is 1. The van der Waals surface area contributed by atoms with Gasteiger partial charge in [0.15, 0.2) is 0 Å². The Labute approximate surface area is 137 Å². The molecule has 23 heavy (non-hydrogen) atoms. The molecule has 0 radical (unpaired) electrons. The van der Waals surface area contributed by atoms with Gasteiger partial charge in [-0.25, -0.2) is 0 Å². The molecule has 1 aliphatic heterocycles. The summed E-state index contributed by atoms with van der Waals surface area (Å²) >= 11 is 0. The lowest BCUT2D eigenvalue weighted by atomic mass is 10.0. The topological polar surface area (TPSA) is 84.7 Å². The minimum absolute atomic E-state index is 0.0648. The maximum Gasteiger partial charge on any atom is 0.231 e. The lowest BCUT2D eigenvalue weighted by molar-refractivity contribution is -0.123. The van der Waals surface area contributed by atoms with Crippen molar-refractivity contribution >= 4 is 11.8 Å². The molecule has 1 aliphatic rings. The molecule has 2 rings (SSSR count). The number of carbonyl (C=O) groups is 2. The molecule has 3 N–H and O–H groups in total. The van der Waals surface area contributed by atoms with E-state index in [1.807, 2.05) is 35.2 Å². The van der Waals surface area contributed by atoms with Crippen LogP contribution in [-0.2, 0) is 9.59 Å². The van der Waals surface area contributed by atoms with Gasteiger partial charge in [0.1, 0.15) is 5.75 Å². The van der Waals surface area contributed by atoms with Gasteiger partial charge in [0.05, 0.1) is 13.2 Å². The van der Waals surface area contributed by atoms with Crippen molar-refractivity contribution in [2.75, 3.05) is 26.2 Å². The minimum Gasteiger partial charge on any atom is -0.494 e. The van der Waals surface area contributed by atoms with E-state index in [0.29, 0.717) is 26.0 Å². The number of ether oxygens (including phenoxy) is 1. The second-order valence-corrected chi connectivity index (χ2v) is 5.85. The van der Waals surface area contributed by atoms with Crippen molar-refractivity contribution in [1.82, 2.24) is 10.2 Å². The lowest BCUT2D eigenvalue weighted by Crippen LogP contribution is -2.46. The number of nitrogens with zero attached hydrogens (tertiary/aromatic N) is 1. The summed E-state index contributed by atoms with van der Waals surface area (Å²) in [6, 6.07) is 9.79. The number of hydrogen-bond donors (Lipinski definition) is 2. The molecule has 1 saturated heterocycles. The van der Waals surface area contributed by atoms with Crippen molar-refractivity contribution in [2.45, 2.75) is 31.7 Å². The first-order chi connectivity index (χ1) is 11.1. The average molecular weight is 319 g/mol. The van der Waals surface area contributed by atoms with Crippen LogP contribution in [0.15, 0.2) is 30.3 Å². The van der Waals surface area contributed by atoms with E-state index in [4.69, 9.17) is 10.5 Å². The maximum atomic E-state index is 11.9. The van der Waals surface area contributed by atoms with Gasteiger partial charge in [0.2, 0.25) is 11.8 Å². The first-order valence-electron chi connectivity index (χ1n) is 8.11. The molecule has 2 amide bonds. The Balaban J connectivity index is 1.56. The fourth-order valence-electron chi connectivity index (χ4n) is 2.70. The summed E-state index contributed by atoms with van der Waals surface area (Å²) in [6.45, 7) is 2.43. The first kappa shape index (κ1) is 17.3. The number of piperidine rings is 1. The van der Waals surface area contributed by atoms with Crippen LogP contribution in [0, 0.1) is 0 Å². The number of hydrogen-bond acceptors (Lipinski definition) is 4. The average Bonchev–Trinajstić information content (AvgIpc) is 2.54. The highest BCUT2D eigenvalue weighted by Crippen LogP contribution is 2.11. The highest BCUT2D eigenvalue weighted by atomic mass is 16.5. The molecule has 6 nitrogen and oxygen atoms in total. The Morgan fingerprint density at radius 1 is 1.22 bits per heavy atom. The first-order valence-corrected chi connectivity index (χ1v) is 8.11. The van der Waals surface area contributed by atoms with Crippen LogP contribution in [0.5, 0.6) is 5.75 Å². The fourth-order valence-corrected chi connectivity index (χ4v) is 2.70. The molecule has 0 bridgehead atoms. The van der Waals surface area contributed by atoms with Crippen molar-refractivity contribution in [2.24, 2.45) is 5.73 Å². The van der Waals surface area contributed by atoms with Crippen molar-refractivity contribution in [3.63, 3.8) is 0 Å². The summed E-state index contributed by atoms with van der Waals surface area (Å²) in [4.78, 5) is 24.8. The van der Waals surface area contributed by atoms with Gasteiger partial charge in [0.25, 0.3) is 0 Å². The Morgan fingerprint density at radius 3 is 2.57 bits per heavy atom. The highest BCUT2D eigenvalue weighted by molar-refractivity contribution is 5.76. The van der Waals surface area contributed by atoms with Gasteiger partial charge in [-0.15, -0.1) is 0 Å². The van der Waals surface area contributed by atoms with E-state index in [2.05, 4.69) is 5.32 Å². The predicted octanol–water partition coefficient (Wildman–Crippen LogP) is 0.912. The zero-order valence-electron chi connectivity index (χ0n) is 13.4. The summed E-state index contributed by atoms with van der Waals surface area (Å²) in [5, 5.41) is 3.05. The zero-order chi connectivity index (χ0) is 16.5. The smallest absolute Gasteiger partial charge is 0.231 e. The molecule has 126 valence electrons. The molecule has 0 aliphatic carbocycles. The third-order valence-corrected chi connectivity index (χ3v) is 3.89. The summed E-state index contributed by atoms with van der Waals surface area (Å²) in [5.74, 6) is 0.593. The zero-order valence-corrected chi connectivity index (χ0v) is 13.4. The molecule has 6 heteroatoms. The Hall–Kier alpha value is -2.08. The SMILES string of the molecule is NC(=O)CN1CCC(NC(=O)CCCOc2ccccc2)CC1. The molecule has 0 unspecified atom stereocenters. The standard InChI is InChI=1S/C17H25N3O3/c18-16(21)13-20-10-8-14(9-11-20)19-17(22)7-4-12-23-15-5-2-1-3-6-15/h1-3,5-6,14H,4,7-13H2,(H2,18,21)(H,19,22). The van der Waals surface area contributed by atoms with E-state index in [1.54, 1.807) is 0 Å². The van der Waals surface area contributed by atoms with Gasteiger partial charge in [-0.1, -0.05) is 18.2 Å². The molecule has 0 aromatic heterocycles. The second kappa shape index (κ2) is 9.15. The van der Waals surface area contributed by atoms with Crippen molar-refractivity contribution in [3.8, 4) is 5.75 Å². The van der Waals surface area contributed by atoms with Crippen LogP contribution < -0.4 is 15.8 Å². The number of nitrogens with one attached hydrogen (secondary N) is 1. The molecule has 1 fully saturated rings.